The molecule has 124 valence electrons. The fraction of sp³-hybridized carbons (Fsp3) is 0.947. The van der Waals surface area contributed by atoms with E-state index in [2.05, 4.69) is 18.9 Å². The van der Waals surface area contributed by atoms with Crippen LogP contribution in [0.15, 0.2) is 5.10 Å². The third-order valence-corrected chi connectivity index (χ3v) is 8.53. The maximum Gasteiger partial charge on any atom is 0.0543 e. The van der Waals surface area contributed by atoms with E-state index in [9.17, 15) is 5.11 Å². The van der Waals surface area contributed by atoms with Gasteiger partial charge in [0.05, 0.1) is 6.10 Å². The van der Waals surface area contributed by atoms with Gasteiger partial charge in [0.15, 0.2) is 0 Å². The van der Waals surface area contributed by atoms with Crippen molar-refractivity contribution in [3.05, 3.63) is 0 Å². The van der Waals surface area contributed by atoms with Crippen LogP contribution < -0.4 is 5.84 Å². The monoisotopic (exact) mass is 304 g/mol. The van der Waals surface area contributed by atoms with E-state index in [1.807, 2.05) is 0 Å². The first kappa shape index (κ1) is 15.0. The Labute approximate surface area is 134 Å². The summed E-state index contributed by atoms with van der Waals surface area (Å²) in [5, 5.41) is 14.3. The van der Waals surface area contributed by atoms with Crippen molar-refractivity contribution >= 4 is 5.71 Å². The minimum absolute atomic E-state index is 0.0362. The molecule has 0 radical (unpaired) electrons. The lowest BCUT2D eigenvalue weighted by Gasteiger charge is -2.60. The Morgan fingerprint density at radius 3 is 2.64 bits per heavy atom. The summed E-state index contributed by atoms with van der Waals surface area (Å²) in [6.45, 7) is 4.99. The van der Waals surface area contributed by atoms with Crippen molar-refractivity contribution in [2.24, 2.45) is 45.4 Å². The largest absolute Gasteiger partial charge is 0.393 e. The second-order valence-electron chi connectivity index (χ2n) is 9.16. The fourth-order valence-corrected chi connectivity index (χ4v) is 7.24. The molecule has 3 heteroatoms. The van der Waals surface area contributed by atoms with E-state index >= 15 is 0 Å². The van der Waals surface area contributed by atoms with Gasteiger partial charge in [-0.1, -0.05) is 13.8 Å². The topological polar surface area (TPSA) is 58.6 Å². The SMILES string of the molecule is C[C@]12CC[C@H](O)CC1CCC1C2CC[C@]2(C)C(=NN)CCC12. The van der Waals surface area contributed by atoms with E-state index in [0.717, 1.165) is 42.9 Å². The lowest BCUT2D eigenvalue weighted by atomic mass is 9.45. The standard InChI is InChI=1S/C19H32N2O/c1-18-9-7-13(22)11-12(18)3-4-14-15-5-6-17(21-20)19(15,2)10-8-16(14)18/h12-16,22H,3-11,20H2,1-2H3/t12?,13-,14?,15?,16?,18-,19-/m0/s1. The normalized spacial score (nSPS) is 56.3. The number of hydrogen-bond acceptors (Lipinski definition) is 3. The molecule has 0 aromatic rings. The molecule has 0 aromatic heterocycles. The summed E-state index contributed by atoms with van der Waals surface area (Å²) >= 11 is 0. The van der Waals surface area contributed by atoms with Crippen molar-refractivity contribution in [2.75, 3.05) is 0 Å². The number of nitrogens with two attached hydrogens (primary N) is 1. The first-order valence-electron chi connectivity index (χ1n) is 9.44. The molecule has 7 atom stereocenters. The van der Waals surface area contributed by atoms with Crippen LogP contribution in [0.25, 0.3) is 0 Å². The van der Waals surface area contributed by atoms with Gasteiger partial charge in [0, 0.05) is 11.1 Å². The third kappa shape index (κ3) is 1.87. The van der Waals surface area contributed by atoms with E-state index in [1.165, 1.54) is 44.2 Å². The zero-order chi connectivity index (χ0) is 15.5. The Kier molecular flexibility index (Phi) is 3.38. The van der Waals surface area contributed by atoms with Crippen LogP contribution in [0.5, 0.6) is 0 Å². The summed E-state index contributed by atoms with van der Waals surface area (Å²) in [5.41, 5.74) is 2.06. The number of aliphatic hydroxyl groups excluding tert-OH is 1. The molecule has 0 aromatic carbocycles. The molecule has 4 unspecified atom stereocenters. The van der Waals surface area contributed by atoms with Crippen molar-refractivity contribution in [3.8, 4) is 0 Å². The van der Waals surface area contributed by atoms with Crippen LogP contribution in [-0.4, -0.2) is 16.9 Å². The number of aliphatic hydroxyl groups is 1. The van der Waals surface area contributed by atoms with Crippen LogP contribution >= 0.6 is 0 Å². The smallest absolute Gasteiger partial charge is 0.0543 e. The number of hydrazone groups is 1. The van der Waals surface area contributed by atoms with Crippen molar-refractivity contribution < 1.29 is 5.11 Å². The van der Waals surface area contributed by atoms with Gasteiger partial charge in [-0.15, -0.1) is 0 Å². The predicted octanol–water partition coefficient (Wildman–Crippen LogP) is 3.70. The molecule has 0 aliphatic heterocycles. The average Bonchev–Trinajstić information content (AvgIpc) is 2.84. The molecule has 4 fully saturated rings. The average molecular weight is 304 g/mol. The minimum Gasteiger partial charge on any atom is -0.393 e. The lowest BCUT2D eigenvalue weighted by molar-refractivity contribution is -0.113. The van der Waals surface area contributed by atoms with E-state index in [-0.39, 0.29) is 11.5 Å². The Hall–Kier alpha value is -0.570. The van der Waals surface area contributed by atoms with Crippen LogP contribution in [0.4, 0.5) is 0 Å². The van der Waals surface area contributed by atoms with Gasteiger partial charge < -0.3 is 10.9 Å². The fourth-order valence-electron chi connectivity index (χ4n) is 7.24. The lowest BCUT2D eigenvalue weighted by Crippen LogP contribution is -2.54. The second-order valence-corrected chi connectivity index (χ2v) is 9.16. The molecule has 3 nitrogen and oxygen atoms in total. The van der Waals surface area contributed by atoms with Gasteiger partial charge in [-0.2, -0.15) is 5.10 Å². The highest BCUT2D eigenvalue weighted by Gasteiger charge is 2.59. The van der Waals surface area contributed by atoms with Gasteiger partial charge in [-0.25, -0.2) is 0 Å². The Balaban J connectivity index is 1.63. The predicted molar refractivity (Wildman–Crippen MR) is 89.4 cm³/mol. The molecule has 4 saturated carbocycles. The molecular formula is C19H32N2O. The van der Waals surface area contributed by atoms with E-state index in [1.54, 1.807) is 0 Å². The van der Waals surface area contributed by atoms with Gasteiger partial charge in [0.25, 0.3) is 0 Å². The molecule has 0 heterocycles. The summed E-state index contributed by atoms with van der Waals surface area (Å²) in [4.78, 5) is 0. The highest BCUT2D eigenvalue weighted by molar-refractivity contribution is 5.92. The van der Waals surface area contributed by atoms with Crippen LogP contribution in [-0.2, 0) is 0 Å². The van der Waals surface area contributed by atoms with Gasteiger partial charge in [-0.05, 0) is 86.9 Å². The minimum atomic E-state index is -0.0362. The van der Waals surface area contributed by atoms with Gasteiger partial charge in [0.2, 0.25) is 0 Å². The zero-order valence-electron chi connectivity index (χ0n) is 14.2. The quantitative estimate of drug-likeness (QED) is 0.529. The van der Waals surface area contributed by atoms with Gasteiger partial charge >= 0.3 is 0 Å². The number of nitrogens with zero attached hydrogens (tertiary/aromatic N) is 1. The first-order valence-corrected chi connectivity index (χ1v) is 9.44. The van der Waals surface area contributed by atoms with Crippen molar-refractivity contribution in [2.45, 2.75) is 77.7 Å². The van der Waals surface area contributed by atoms with Crippen LogP contribution in [0.2, 0.25) is 0 Å². The van der Waals surface area contributed by atoms with Crippen molar-refractivity contribution in [1.82, 2.24) is 0 Å². The highest BCUT2D eigenvalue weighted by Crippen LogP contribution is 2.65. The van der Waals surface area contributed by atoms with Crippen LogP contribution in [0.3, 0.4) is 0 Å². The molecular weight excluding hydrogens is 272 g/mol. The summed E-state index contributed by atoms with van der Waals surface area (Å²) in [5.74, 6) is 9.00. The molecule has 0 bridgehead atoms. The van der Waals surface area contributed by atoms with E-state index in [4.69, 9.17) is 5.84 Å². The Morgan fingerprint density at radius 2 is 1.86 bits per heavy atom. The molecule has 4 rings (SSSR count). The first-order chi connectivity index (χ1) is 10.5. The zero-order valence-corrected chi connectivity index (χ0v) is 14.2. The summed E-state index contributed by atoms with van der Waals surface area (Å²) < 4.78 is 0. The number of fused-ring (bicyclic) bond motifs is 5. The molecule has 0 saturated heterocycles. The van der Waals surface area contributed by atoms with Crippen LogP contribution in [0, 0.1) is 34.5 Å². The van der Waals surface area contributed by atoms with E-state index in [0.29, 0.717) is 5.41 Å². The summed E-state index contributed by atoms with van der Waals surface area (Å²) in [6.07, 6.45) is 11.0. The molecule has 3 N–H and O–H groups in total. The Morgan fingerprint density at radius 1 is 1.05 bits per heavy atom. The number of hydrogen-bond donors (Lipinski definition) is 2. The molecule has 4 aliphatic carbocycles. The maximum absolute atomic E-state index is 10.1. The molecule has 22 heavy (non-hydrogen) atoms. The molecule has 4 aliphatic rings. The second kappa shape index (κ2) is 4.96. The molecule has 0 spiro atoms. The van der Waals surface area contributed by atoms with Gasteiger partial charge in [-0.3, -0.25) is 0 Å². The maximum atomic E-state index is 10.1. The van der Waals surface area contributed by atoms with Crippen LogP contribution in [0.1, 0.15) is 71.6 Å². The summed E-state index contributed by atoms with van der Waals surface area (Å²) in [6, 6.07) is 0. The van der Waals surface area contributed by atoms with E-state index < -0.39 is 0 Å². The van der Waals surface area contributed by atoms with Gasteiger partial charge in [0.1, 0.15) is 0 Å². The summed E-state index contributed by atoms with van der Waals surface area (Å²) in [7, 11) is 0. The van der Waals surface area contributed by atoms with Crippen molar-refractivity contribution in [1.29, 1.82) is 0 Å². The highest BCUT2D eigenvalue weighted by atomic mass is 16.3. The third-order valence-electron chi connectivity index (χ3n) is 8.53. The van der Waals surface area contributed by atoms with Crippen molar-refractivity contribution in [3.63, 3.8) is 0 Å². The Bertz CT molecular complexity index is 490. The molecule has 0 amide bonds. The number of rotatable bonds is 0.